The van der Waals surface area contributed by atoms with Crippen LogP contribution in [-0.2, 0) is 4.79 Å². The van der Waals surface area contributed by atoms with Gasteiger partial charge < -0.3 is 10.6 Å². The van der Waals surface area contributed by atoms with Crippen molar-refractivity contribution in [2.75, 3.05) is 6.54 Å². The molecule has 0 saturated carbocycles. The first kappa shape index (κ1) is 13.4. The lowest BCUT2D eigenvalue weighted by molar-refractivity contribution is -0.121. The second-order valence-electron chi connectivity index (χ2n) is 5.39. The highest BCUT2D eigenvalue weighted by atomic mass is 16.2. The van der Waals surface area contributed by atoms with Crippen LogP contribution in [0.15, 0.2) is 0 Å². The van der Waals surface area contributed by atoms with Crippen molar-refractivity contribution < 1.29 is 4.79 Å². The topological polar surface area (TPSA) is 41.1 Å². The smallest absolute Gasteiger partial charge is 0.234 e. The zero-order valence-electron chi connectivity index (χ0n) is 10.3. The van der Waals surface area contributed by atoms with E-state index in [-0.39, 0.29) is 17.0 Å². The second-order valence-corrected chi connectivity index (χ2v) is 5.39. The minimum Gasteiger partial charge on any atom is -0.350 e. The monoisotopic (exact) mass is 200 g/mol. The van der Waals surface area contributed by atoms with Crippen LogP contribution in [0.4, 0.5) is 0 Å². The molecular weight excluding hydrogens is 176 g/mol. The molecule has 0 aliphatic carbocycles. The molecule has 2 N–H and O–H groups in total. The van der Waals surface area contributed by atoms with Crippen LogP contribution in [-0.4, -0.2) is 23.5 Å². The van der Waals surface area contributed by atoms with Gasteiger partial charge in [-0.2, -0.15) is 0 Å². The van der Waals surface area contributed by atoms with E-state index in [9.17, 15) is 4.79 Å². The zero-order valence-corrected chi connectivity index (χ0v) is 10.3. The number of hydrogen-bond donors (Lipinski definition) is 2. The van der Waals surface area contributed by atoms with Gasteiger partial charge in [0, 0.05) is 11.1 Å². The summed E-state index contributed by atoms with van der Waals surface area (Å²) in [6, 6.07) is 0. The van der Waals surface area contributed by atoms with Gasteiger partial charge in [-0.3, -0.25) is 4.79 Å². The number of carbonyl (C=O) groups is 1. The predicted molar refractivity (Wildman–Crippen MR) is 60.3 cm³/mol. The lowest BCUT2D eigenvalue weighted by Crippen LogP contribution is -2.49. The van der Waals surface area contributed by atoms with Crippen LogP contribution in [0.2, 0.25) is 0 Å². The minimum absolute atomic E-state index is 0.0369. The van der Waals surface area contributed by atoms with Crippen molar-refractivity contribution in [2.45, 2.75) is 59.0 Å². The molecule has 3 nitrogen and oxygen atoms in total. The van der Waals surface area contributed by atoms with E-state index in [1.54, 1.807) is 0 Å². The van der Waals surface area contributed by atoms with Crippen LogP contribution in [0.3, 0.4) is 0 Å². The van der Waals surface area contributed by atoms with E-state index in [2.05, 4.69) is 31.4 Å². The van der Waals surface area contributed by atoms with Crippen molar-refractivity contribution in [1.29, 1.82) is 0 Å². The van der Waals surface area contributed by atoms with Gasteiger partial charge in [0.25, 0.3) is 0 Å². The Morgan fingerprint density at radius 3 is 2.00 bits per heavy atom. The Kier molecular flexibility index (Phi) is 4.59. The zero-order chi connectivity index (χ0) is 11.4. The van der Waals surface area contributed by atoms with Crippen LogP contribution >= 0.6 is 0 Å². The molecule has 0 spiro atoms. The molecule has 0 unspecified atom stereocenters. The summed E-state index contributed by atoms with van der Waals surface area (Å²) in [7, 11) is 0. The van der Waals surface area contributed by atoms with E-state index >= 15 is 0 Å². The third-order valence-electron chi connectivity index (χ3n) is 2.13. The van der Waals surface area contributed by atoms with Crippen LogP contribution in [0.5, 0.6) is 0 Å². The van der Waals surface area contributed by atoms with Gasteiger partial charge in [-0.15, -0.1) is 0 Å². The molecular formula is C11H24N2O. The Hall–Kier alpha value is -0.570. The lowest BCUT2D eigenvalue weighted by atomic mass is 10.0. The summed E-state index contributed by atoms with van der Waals surface area (Å²) < 4.78 is 0. The Balaban J connectivity index is 3.87. The summed E-state index contributed by atoms with van der Waals surface area (Å²) >= 11 is 0. The highest BCUT2D eigenvalue weighted by Gasteiger charge is 2.18. The van der Waals surface area contributed by atoms with Gasteiger partial charge in [0.15, 0.2) is 0 Å². The van der Waals surface area contributed by atoms with Crippen LogP contribution in [0, 0.1) is 0 Å². The van der Waals surface area contributed by atoms with Crippen molar-refractivity contribution in [3.8, 4) is 0 Å². The summed E-state index contributed by atoms with van der Waals surface area (Å²) in [5.74, 6) is 0.0547. The summed E-state index contributed by atoms with van der Waals surface area (Å²) in [5, 5.41) is 6.13. The van der Waals surface area contributed by atoms with E-state index in [1.165, 1.54) is 0 Å². The molecule has 0 saturated heterocycles. The first-order chi connectivity index (χ1) is 6.16. The summed E-state index contributed by atoms with van der Waals surface area (Å²) in [5.41, 5.74) is -0.107. The SMILES string of the molecule is CCC(C)(C)NCC(=O)NC(C)(C)C. The fourth-order valence-electron chi connectivity index (χ4n) is 0.907. The molecule has 0 heterocycles. The Bertz CT molecular complexity index is 192. The van der Waals surface area contributed by atoms with Crippen molar-refractivity contribution in [3.05, 3.63) is 0 Å². The average molecular weight is 200 g/mol. The lowest BCUT2D eigenvalue weighted by Gasteiger charge is -2.26. The molecule has 0 bridgehead atoms. The summed E-state index contributed by atoms with van der Waals surface area (Å²) in [6.45, 7) is 12.6. The highest BCUT2D eigenvalue weighted by Crippen LogP contribution is 2.06. The van der Waals surface area contributed by atoms with Crippen LogP contribution < -0.4 is 10.6 Å². The van der Waals surface area contributed by atoms with E-state index < -0.39 is 0 Å². The maximum absolute atomic E-state index is 11.4. The van der Waals surface area contributed by atoms with Crippen LogP contribution in [0.1, 0.15) is 48.0 Å². The van der Waals surface area contributed by atoms with Crippen molar-refractivity contribution in [3.63, 3.8) is 0 Å². The second kappa shape index (κ2) is 4.78. The van der Waals surface area contributed by atoms with Gasteiger partial charge in [-0.25, -0.2) is 0 Å². The van der Waals surface area contributed by atoms with Crippen LogP contribution in [0.25, 0.3) is 0 Å². The third-order valence-corrected chi connectivity index (χ3v) is 2.13. The molecule has 0 rings (SSSR count). The fraction of sp³-hybridized carbons (Fsp3) is 0.909. The summed E-state index contributed by atoms with van der Waals surface area (Å²) in [4.78, 5) is 11.4. The van der Waals surface area contributed by atoms with Gasteiger partial charge in [0.05, 0.1) is 6.54 Å². The average Bonchev–Trinajstić information content (AvgIpc) is 1.98. The van der Waals surface area contributed by atoms with Crippen molar-refractivity contribution in [1.82, 2.24) is 10.6 Å². The maximum Gasteiger partial charge on any atom is 0.234 e. The van der Waals surface area contributed by atoms with E-state index in [0.717, 1.165) is 6.42 Å². The van der Waals surface area contributed by atoms with Crippen molar-refractivity contribution >= 4 is 5.91 Å². The molecule has 14 heavy (non-hydrogen) atoms. The molecule has 0 aromatic carbocycles. The first-order valence-corrected chi connectivity index (χ1v) is 5.22. The number of amides is 1. The normalized spacial score (nSPS) is 12.7. The Morgan fingerprint density at radius 1 is 1.14 bits per heavy atom. The standard InChI is InChI=1S/C11H24N2O/c1-7-11(5,6)12-8-9(14)13-10(2,3)4/h12H,7-8H2,1-6H3,(H,13,14). The van der Waals surface area contributed by atoms with E-state index in [4.69, 9.17) is 0 Å². The van der Waals surface area contributed by atoms with Crippen molar-refractivity contribution in [2.24, 2.45) is 0 Å². The molecule has 1 amide bonds. The van der Waals surface area contributed by atoms with Gasteiger partial charge in [-0.1, -0.05) is 6.92 Å². The van der Waals surface area contributed by atoms with E-state index in [1.807, 2.05) is 20.8 Å². The molecule has 0 aliphatic heterocycles. The molecule has 0 aromatic rings. The number of rotatable bonds is 4. The predicted octanol–water partition coefficient (Wildman–Crippen LogP) is 1.68. The third kappa shape index (κ3) is 6.89. The van der Waals surface area contributed by atoms with Gasteiger partial charge in [-0.05, 0) is 41.0 Å². The van der Waals surface area contributed by atoms with Gasteiger partial charge in [0.1, 0.15) is 0 Å². The largest absolute Gasteiger partial charge is 0.350 e. The number of nitrogens with one attached hydrogen (secondary N) is 2. The number of hydrogen-bond acceptors (Lipinski definition) is 2. The Morgan fingerprint density at radius 2 is 1.64 bits per heavy atom. The summed E-state index contributed by atoms with van der Waals surface area (Å²) in [6.07, 6.45) is 1.01. The quantitative estimate of drug-likeness (QED) is 0.725. The minimum atomic E-state index is -0.144. The molecule has 84 valence electrons. The van der Waals surface area contributed by atoms with E-state index in [0.29, 0.717) is 6.54 Å². The number of carbonyl (C=O) groups excluding carboxylic acids is 1. The molecule has 0 aromatic heterocycles. The fourth-order valence-corrected chi connectivity index (χ4v) is 0.907. The van der Waals surface area contributed by atoms with Gasteiger partial charge >= 0.3 is 0 Å². The molecule has 3 heteroatoms. The molecule has 0 fully saturated rings. The Labute approximate surface area is 87.6 Å². The molecule has 0 atom stereocenters. The maximum atomic E-state index is 11.4. The first-order valence-electron chi connectivity index (χ1n) is 5.22. The highest BCUT2D eigenvalue weighted by molar-refractivity contribution is 5.78. The molecule has 0 aliphatic rings. The van der Waals surface area contributed by atoms with Gasteiger partial charge in [0.2, 0.25) is 5.91 Å². The molecule has 0 radical (unpaired) electrons.